The molecule has 0 amide bonds. The Labute approximate surface area is 102 Å². The Balaban J connectivity index is 2.25. The molecule has 2 aromatic heterocycles. The molecule has 0 bridgehead atoms. The molecule has 0 fully saturated rings. The molecule has 6 heteroatoms. The number of aromatic nitrogens is 4. The predicted octanol–water partition coefficient (Wildman–Crippen LogP) is 0.715. The van der Waals surface area contributed by atoms with E-state index in [0.717, 1.165) is 22.3 Å². The number of fused-ring (bicyclic) bond motifs is 1. The van der Waals surface area contributed by atoms with Crippen LogP contribution in [0, 0.1) is 0 Å². The van der Waals surface area contributed by atoms with Crippen molar-refractivity contribution in [2.75, 3.05) is 0 Å². The number of nitrogens with zero attached hydrogens (tertiary/aromatic N) is 2. The van der Waals surface area contributed by atoms with Crippen molar-refractivity contribution in [3.63, 3.8) is 0 Å². The minimum absolute atomic E-state index is 0.0859. The smallest absolute Gasteiger partial charge is 0.271 e. The molecule has 2 heterocycles. The summed E-state index contributed by atoms with van der Waals surface area (Å²) in [4.78, 5) is 19.0. The van der Waals surface area contributed by atoms with Crippen LogP contribution in [0.2, 0.25) is 0 Å². The number of H-pyrrole nitrogens is 2. The normalized spacial score (nSPS) is 11.2. The maximum atomic E-state index is 11.8. The Morgan fingerprint density at radius 2 is 2.28 bits per heavy atom. The molecule has 3 aromatic rings. The van der Waals surface area contributed by atoms with E-state index < -0.39 is 0 Å². The molecule has 0 saturated heterocycles. The molecule has 0 saturated carbocycles. The van der Waals surface area contributed by atoms with E-state index in [2.05, 4.69) is 15.1 Å². The van der Waals surface area contributed by atoms with Crippen LogP contribution < -0.4 is 11.3 Å². The van der Waals surface area contributed by atoms with E-state index in [0.29, 0.717) is 5.56 Å². The largest absolute Gasteiger partial charge is 0.345 e. The molecule has 3 rings (SSSR count). The molecule has 0 atom stereocenters. The van der Waals surface area contributed by atoms with Crippen LogP contribution in [0.4, 0.5) is 0 Å². The van der Waals surface area contributed by atoms with Gasteiger partial charge in [-0.15, -0.1) is 0 Å². The van der Waals surface area contributed by atoms with Crippen molar-refractivity contribution in [1.82, 2.24) is 19.7 Å². The third kappa shape index (κ3) is 1.46. The summed E-state index contributed by atoms with van der Waals surface area (Å²) in [5, 5.41) is 3.03. The average molecular weight is 243 g/mol. The lowest BCUT2D eigenvalue weighted by molar-refractivity contribution is 0.739. The fourth-order valence-corrected chi connectivity index (χ4v) is 2.11. The van der Waals surface area contributed by atoms with Crippen molar-refractivity contribution in [3.05, 3.63) is 40.4 Å². The van der Waals surface area contributed by atoms with E-state index in [1.165, 1.54) is 4.68 Å². The van der Waals surface area contributed by atoms with Crippen LogP contribution >= 0.6 is 0 Å². The number of aromatic amines is 2. The fourth-order valence-electron chi connectivity index (χ4n) is 2.11. The van der Waals surface area contributed by atoms with Gasteiger partial charge in [0, 0.05) is 19.2 Å². The standard InChI is InChI=1S/C12H13N5O/c1-17-12(18)8(5-13)11(16-17)7-2-3-9-10(4-7)15-6-14-9/h2-4,6,16H,5,13H2,1H3,(H,14,15). The molecule has 18 heavy (non-hydrogen) atoms. The number of rotatable bonds is 2. The highest BCUT2D eigenvalue weighted by Crippen LogP contribution is 2.22. The minimum Gasteiger partial charge on any atom is -0.345 e. The summed E-state index contributed by atoms with van der Waals surface area (Å²) < 4.78 is 1.44. The summed E-state index contributed by atoms with van der Waals surface area (Å²) in [6.07, 6.45) is 1.64. The maximum absolute atomic E-state index is 11.8. The van der Waals surface area contributed by atoms with E-state index >= 15 is 0 Å². The molecule has 4 N–H and O–H groups in total. The molecule has 0 radical (unpaired) electrons. The Bertz CT molecular complexity index is 764. The molecule has 0 spiro atoms. The third-order valence-electron chi connectivity index (χ3n) is 3.06. The van der Waals surface area contributed by atoms with Gasteiger partial charge < -0.3 is 10.7 Å². The van der Waals surface area contributed by atoms with E-state index in [1.54, 1.807) is 13.4 Å². The van der Waals surface area contributed by atoms with Crippen LogP contribution in [0.15, 0.2) is 29.3 Å². The summed E-state index contributed by atoms with van der Waals surface area (Å²) in [6.45, 7) is 0.215. The van der Waals surface area contributed by atoms with Gasteiger partial charge in [0.05, 0.1) is 28.6 Å². The highest BCUT2D eigenvalue weighted by Gasteiger charge is 2.13. The monoisotopic (exact) mass is 243 g/mol. The van der Waals surface area contributed by atoms with Gasteiger partial charge in [-0.2, -0.15) is 0 Å². The van der Waals surface area contributed by atoms with E-state index in [9.17, 15) is 4.79 Å². The van der Waals surface area contributed by atoms with Gasteiger partial charge in [-0.1, -0.05) is 6.07 Å². The van der Waals surface area contributed by atoms with Crippen molar-refractivity contribution in [2.24, 2.45) is 12.8 Å². The van der Waals surface area contributed by atoms with Crippen molar-refractivity contribution in [3.8, 4) is 11.3 Å². The Kier molecular flexibility index (Phi) is 2.31. The summed E-state index contributed by atoms with van der Waals surface area (Å²) >= 11 is 0. The SMILES string of the molecule is Cn1[nH]c(-c2ccc3nc[nH]c3c2)c(CN)c1=O. The maximum Gasteiger partial charge on any atom is 0.271 e. The van der Waals surface area contributed by atoms with Crippen LogP contribution in [0.1, 0.15) is 5.56 Å². The van der Waals surface area contributed by atoms with Crippen LogP contribution in [0.3, 0.4) is 0 Å². The second-order valence-electron chi connectivity index (χ2n) is 4.17. The van der Waals surface area contributed by atoms with Crippen LogP contribution in [0.25, 0.3) is 22.3 Å². The topological polar surface area (TPSA) is 92.5 Å². The molecular weight excluding hydrogens is 230 g/mol. The Morgan fingerprint density at radius 1 is 1.44 bits per heavy atom. The number of nitrogens with two attached hydrogens (primary N) is 1. The van der Waals surface area contributed by atoms with Crippen molar-refractivity contribution in [1.29, 1.82) is 0 Å². The average Bonchev–Trinajstić information content (AvgIpc) is 2.94. The first-order chi connectivity index (χ1) is 8.70. The van der Waals surface area contributed by atoms with Crippen molar-refractivity contribution in [2.45, 2.75) is 6.54 Å². The van der Waals surface area contributed by atoms with Crippen molar-refractivity contribution < 1.29 is 0 Å². The molecular formula is C12H13N5O. The quantitative estimate of drug-likeness (QED) is 0.619. The Hall–Kier alpha value is -2.34. The summed E-state index contributed by atoms with van der Waals surface area (Å²) in [7, 11) is 1.68. The number of hydrogen-bond donors (Lipinski definition) is 3. The molecule has 0 aliphatic rings. The Morgan fingerprint density at radius 3 is 3.06 bits per heavy atom. The van der Waals surface area contributed by atoms with Gasteiger partial charge >= 0.3 is 0 Å². The van der Waals surface area contributed by atoms with Gasteiger partial charge in [0.1, 0.15) is 0 Å². The first-order valence-corrected chi connectivity index (χ1v) is 5.62. The van der Waals surface area contributed by atoms with Gasteiger partial charge in [-0.25, -0.2) is 4.98 Å². The van der Waals surface area contributed by atoms with Gasteiger partial charge in [-0.3, -0.25) is 14.6 Å². The van der Waals surface area contributed by atoms with Crippen molar-refractivity contribution >= 4 is 11.0 Å². The number of imidazole rings is 1. The number of aryl methyl sites for hydroxylation is 1. The van der Waals surface area contributed by atoms with Gasteiger partial charge in [0.2, 0.25) is 0 Å². The first kappa shape index (κ1) is 10.8. The number of hydrogen-bond acceptors (Lipinski definition) is 3. The predicted molar refractivity (Wildman–Crippen MR) is 69.0 cm³/mol. The second-order valence-corrected chi connectivity index (χ2v) is 4.17. The van der Waals surface area contributed by atoms with Gasteiger partial charge in [0.15, 0.2) is 0 Å². The highest BCUT2D eigenvalue weighted by molar-refractivity contribution is 5.81. The molecule has 92 valence electrons. The molecule has 1 aromatic carbocycles. The summed E-state index contributed by atoms with van der Waals surface area (Å²) in [6, 6.07) is 5.78. The zero-order chi connectivity index (χ0) is 12.7. The van der Waals surface area contributed by atoms with E-state index in [1.807, 2.05) is 18.2 Å². The lowest BCUT2D eigenvalue weighted by atomic mass is 10.1. The lowest BCUT2D eigenvalue weighted by Gasteiger charge is -2.00. The fraction of sp³-hybridized carbons (Fsp3) is 0.167. The summed E-state index contributed by atoms with van der Waals surface area (Å²) in [5.74, 6) is 0. The van der Waals surface area contributed by atoms with Crippen LogP contribution in [-0.2, 0) is 13.6 Å². The van der Waals surface area contributed by atoms with Gasteiger partial charge in [-0.05, 0) is 12.1 Å². The first-order valence-electron chi connectivity index (χ1n) is 5.62. The van der Waals surface area contributed by atoms with Crippen LogP contribution in [-0.4, -0.2) is 19.7 Å². The number of benzene rings is 1. The molecule has 0 aliphatic heterocycles. The zero-order valence-electron chi connectivity index (χ0n) is 9.90. The zero-order valence-corrected chi connectivity index (χ0v) is 9.90. The second kappa shape index (κ2) is 3.85. The third-order valence-corrected chi connectivity index (χ3v) is 3.06. The minimum atomic E-state index is -0.0859. The van der Waals surface area contributed by atoms with E-state index in [4.69, 9.17) is 5.73 Å². The molecule has 0 unspecified atom stereocenters. The summed E-state index contributed by atoms with van der Waals surface area (Å²) in [5.41, 5.74) is 9.66. The molecule has 0 aliphatic carbocycles. The highest BCUT2D eigenvalue weighted by atomic mass is 16.1. The molecule has 6 nitrogen and oxygen atoms in total. The van der Waals surface area contributed by atoms with Gasteiger partial charge in [0.25, 0.3) is 5.56 Å². The van der Waals surface area contributed by atoms with Crippen LogP contribution in [0.5, 0.6) is 0 Å². The lowest BCUT2D eigenvalue weighted by Crippen LogP contribution is -2.17. The number of nitrogens with one attached hydrogen (secondary N) is 2. The van der Waals surface area contributed by atoms with E-state index in [-0.39, 0.29) is 12.1 Å².